The predicted molar refractivity (Wildman–Crippen MR) is 223 cm³/mol. The maximum atomic E-state index is 14.4. The molecule has 16 nitrogen and oxygen atoms in total. The van der Waals surface area contributed by atoms with Gasteiger partial charge in [-0.2, -0.15) is 0 Å². The molecule has 2 aromatic carbocycles. The Labute approximate surface area is 356 Å². The second kappa shape index (κ2) is 20.7. The van der Waals surface area contributed by atoms with Crippen LogP contribution in [0.4, 0.5) is 4.79 Å². The summed E-state index contributed by atoms with van der Waals surface area (Å²) in [4.78, 5) is 90.2. The molecular formula is C45H57N7O9. The van der Waals surface area contributed by atoms with Crippen LogP contribution in [0.1, 0.15) is 81.2 Å². The lowest BCUT2D eigenvalue weighted by Gasteiger charge is -2.42. The van der Waals surface area contributed by atoms with E-state index in [9.17, 15) is 33.9 Å². The minimum Gasteiger partial charge on any atom is -0.443 e. The van der Waals surface area contributed by atoms with Gasteiger partial charge in [-0.25, -0.2) is 9.59 Å². The molecule has 3 aliphatic rings. The number of imide groups is 1. The van der Waals surface area contributed by atoms with Crippen molar-refractivity contribution in [1.82, 2.24) is 35.8 Å². The molecule has 0 spiro atoms. The Morgan fingerprint density at radius 3 is 2.38 bits per heavy atom. The SMILES string of the molecule is CC(C)(C)NC(=O)[C@@H]1CN(Cc2cccnc2)CCN1C[C@@H](O)C[C@@H](Cc1ccccc1)C(=O)N[C@H]1c2ccccc2C[C@H]1OC(=O)NCCCC(=O)ON1C(=O)CCC1=O. The number of hydrogen-bond acceptors (Lipinski definition) is 12. The van der Waals surface area contributed by atoms with E-state index in [1.54, 1.807) is 6.20 Å². The van der Waals surface area contributed by atoms with Gasteiger partial charge < -0.3 is 30.6 Å². The zero-order chi connectivity index (χ0) is 43.5. The number of nitrogens with one attached hydrogen (secondary N) is 3. The second-order valence-corrected chi connectivity index (χ2v) is 17.0. The fourth-order valence-electron chi connectivity index (χ4n) is 8.06. The standard InChI is InChI=1S/C45H57N7O9/c1-45(2,3)49-43(58)36-29-50(27-31-13-9-19-46-26-31)21-22-51(36)28-34(53)24-33(23-30-11-5-4-6-12-30)42(57)48-41-35-15-8-7-14-32(35)25-37(41)60-44(59)47-20-10-16-40(56)61-52-38(54)17-18-39(52)55/h4-9,11-15,19,26,33-34,36-37,41,53H,10,16-18,20-25,27-29H2,1-3H3,(H,47,59)(H,48,57)(H,49,58)/t33-,34+,36+,37-,41+/m1/s1. The van der Waals surface area contributed by atoms with Crippen LogP contribution in [0.15, 0.2) is 79.1 Å². The van der Waals surface area contributed by atoms with E-state index in [4.69, 9.17) is 9.57 Å². The lowest BCUT2D eigenvalue weighted by Crippen LogP contribution is -2.61. The van der Waals surface area contributed by atoms with Crippen molar-refractivity contribution in [2.24, 2.45) is 5.92 Å². The summed E-state index contributed by atoms with van der Waals surface area (Å²) in [7, 11) is 0. The van der Waals surface area contributed by atoms with Gasteiger partial charge in [-0.1, -0.05) is 60.7 Å². The first kappa shape index (κ1) is 44.8. The highest BCUT2D eigenvalue weighted by molar-refractivity contribution is 6.01. The van der Waals surface area contributed by atoms with Gasteiger partial charge in [-0.3, -0.25) is 34.0 Å². The van der Waals surface area contributed by atoms with Crippen LogP contribution in [0.2, 0.25) is 0 Å². The fraction of sp³-hybridized carbons (Fsp3) is 0.489. The Kier molecular flexibility index (Phi) is 15.2. The van der Waals surface area contributed by atoms with Gasteiger partial charge >= 0.3 is 12.1 Å². The molecule has 5 atom stereocenters. The van der Waals surface area contributed by atoms with Gasteiger partial charge in [-0.15, -0.1) is 5.06 Å². The number of amides is 5. The van der Waals surface area contributed by atoms with Crippen LogP contribution in [0, 0.1) is 5.92 Å². The summed E-state index contributed by atoms with van der Waals surface area (Å²) < 4.78 is 5.86. The fourth-order valence-corrected chi connectivity index (χ4v) is 8.06. The Hall–Kier alpha value is -5.71. The Balaban J connectivity index is 1.09. The highest BCUT2D eigenvalue weighted by Crippen LogP contribution is 2.34. The molecule has 2 saturated heterocycles. The van der Waals surface area contributed by atoms with Crippen molar-refractivity contribution >= 4 is 35.7 Å². The minimum atomic E-state index is -0.948. The third kappa shape index (κ3) is 12.9. The molecule has 1 aromatic heterocycles. The number of alkyl carbamates (subject to hydrolysis) is 1. The van der Waals surface area contributed by atoms with Crippen LogP contribution in [-0.4, -0.2) is 117 Å². The molecule has 3 aromatic rings. The largest absolute Gasteiger partial charge is 0.443 e. The molecule has 16 heteroatoms. The molecule has 0 saturated carbocycles. The Morgan fingerprint density at radius 1 is 0.934 bits per heavy atom. The number of piperazine rings is 1. The summed E-state index contributed by atoms with van der Waals surface area (Å²) in [6.07, 6.45) is 1.95. The van der Waals surface area contributed by atoms with Gasteiger partial charge in [0, 0.05) is 88.8 Å². The molecular weight excluding hydrogens is 783 g/mol. The number of pyridine rings is 1. The van der Waals surface area contributed by atoms with Gasteiger partial charge in [0.05, 0.1) is 12.1 Å². The van der Waals surface area contributed by atoms with E-state index < -0.39 is 59.6 Å². The predicted octanol–water partition coefficient (Wildman–Crippen LogP) is 2.99. The quantitative estimate of drug-likeness (QED) is 0.115. The van der Waals surface area contributed by atoms with Crippen molar-refractivity contribution in [3.8, 4) is 0 Å². The molecule has 1 aliphatic carbocycles. The second-order valence-electron chi connectivity index (χ2n) is 17.0. The zero-order valence-corrected chi connectivity index (χ0v) is 35.1. The number of hydrogen-bond donors (Lipinski definition) is 4. The lowest BCUT2D eigenvalue weighted by molar-refractivity contribution is -0.197. The first-order valence-corrected chi connectivity index (χ1v) is 21.0. The third-order valence-corrected chi connectivity index (χ3v) is 11.0. The molecule has 326 valence electrons. The molecule has 0 unspecified atom stereocenters. The lowest BCUT2D eigenvalue weighted by atomic mass is 9.91. The van der Waals surface area contributed by atoms with E-state index in [2.05, 4.69) is 25.8 Å². The molecule has 0 bridgehead atoms. The summed E-state index contributed by atoms with van der Waals surface area (Å²) in [5.74, 6) is -3.01. The van der Waals surface area contributed by atoms with Crippen molar-refractivity contribution in [2.45, 2.75) is 102 Å². The molecule has 5 amide bonds. The average Bonchev–Trinajstić information content (AvgIpc) is 3.73. The van der Waals surface area contributed by atoms with E-state index in [1.807, 2.05) is 98.6 Å². The van der Waals surface area contributed by atoms with E-state index >= 15 is 0 Å². The van der Waals surface area contributed by atoms with E-state index in [1.165, 1.54) is 0 Å². The molecule has 4 N–H and O–H groups in total. The molecule has 2 fully saturated rings. The van der Waals surface area contributed by atoms with Gasteiger partial charge in [0.2, 0.25) is 11.8 Å². The first-order valence-electron chi connectivity index (χ1n) is 21.0. The summed E-state index contributed by atoms with van der Waals surface area (Å²) in [6, 6.07) is 19.8. The molecule has 3 heterocycles. The number of rotatable bonds is 17. The summed E-state index contributed by atoms with van der Waals surface area (Å²) in [6.45, 7) is 8.38. The number of benzene rings is 2. The number of hydroxylamine groups is 2. The van der Waals surface area contributed by atoms with Crippen molar-refractivity contribution in [2.75, 3.05) is 32.7 Å². The monoisotopic (exact) mass is 839 g/mol. The average molecular weight is 840 g/mol. The number of β-amino-alcohol motifs (C(OH)–C–C–N with tert-alkyl or cyclic N) is 1. The summed E-state index contributed by atoms with van der Waals surface area (Å²) >= 11 is 0. The first-order chi connectivity index (χ1) is 29.2. The van der Waals surface area contributed by atoms with Crippen LogP contribution in [0.5, 0.6) is 0 Å². The summed E-state index contributed by atoms with van der Waals surface area (Å²) in [5.41, 5.74) is 3.25. The van der Waals surface area contributed by atoms with Crippen LogP contribution in [0.25, 0.3) is 0 Å². The highest BCUT2D eigenvalue weighted by atomic mass is 16.7. The zero-order valence-electron chi connectivity index (χ0n) is 35.1. The maximum Gasteiger partial charge on any atom is 0.407 e. The number of aromatic nitrogens is 1. The minimum absolute atomic E-state index is 0.00604. The van der Waals surface area contributed by atoms with Crippen LogP contribution in [0.3, 0.4) is 0 Å². The molecule has 0 radical (unpaired) electrons. The third-order valence-electron chi connectivity index (χ3n) is 11.0. The number of aliphatic hydroxyl groups is 1. The number of nitrogens with zero attached hydrogens (tertiary/aromatic N) is 4. The highest BCUT2D eigenvalue weighted by Gasteiger charge is 2.39. The van der Waals surface area contributed by atoms with Crippen LogP contribution < -0.4 is 16.0 Å². The van der Waals surface area contributed by atoms with E-state index in [-0.39, 0.29) is 57.0 Å². The van der Waals surface area contributed by atoms with Gasteiger partial charge in [0.15, 0.2) is 0 Å². The number of carbonyl (C=O) groups excluding carboxylic acids is 6. The van der Waals surface area contributed by atoms with Gasteiger partial charge in [0.1, 0.15) is 12.1 Å². The molecule has 61 heavy (non-hydrogen) atoms. The number of carbonyl (C=O) groups is 6. The normalized spacial score (nSPS) is 20.4. The van der Waals surface area contributed by atoms with E-state index in [0.717, 1.165) is 22.3 Å². The summed E-state index contributed by atoms with van der Waals surface area (Å²) in [5, 5.41) is 21.1. The van der Waals surface area contributed by atoms with Crippen molar-refractivity contribution in [1.29, 1.82) is 0 Å². The topological polar surface area (TPSA) is 200 Å². The van der Waals surface area contributed by atoms with Crippen molar-refractivity contribution in [3.63, 3.8) is 0 Å². The van der Waals surface area contributed by atoms with Gasteiger partial charge in [0.25, 0.3) is 11.8 Å². The molecule has 2 aliphatic heterocycles. The molecule has 6 rings (SSSR count). The van der Waals surface area contributed by atoms with Crippen molar-refractivity contribution < 1.29 is 43.4 Å². The Bertz CT molecular complexity index is 2000. The maximum absolute atomic E-state index is 14.4. The van der Waals surface area contributed by atoms with E-state index in [0.29, 0.717) is 44.1 Å². The number of aliphatic hydroxyl groups excluding tert-OH is 1. The Morgan fingerprint density at radius 2 is 1.66 bits per heavy atom. The number of fused-ring (bicyclic) bond motifs is 1. The van der Waals surface area contributed by atoms with Gasteiger partial charge in [-0.05, 0) is 68.4 Å². The van der Waals surface area contributed by atoms with Crippen molar-refractivity contribution in [3.05, 3.63) is 101 Å². The van der Waals surface area contributed by atoms with Crippen LogP contribution >= 0.6 is 0 Å². The number of ether oxygens (including phenoxy) is 1. The smallest absolute Gasteiger partial charge is 0.407 e. The van der Waals surface area contributed by atoms with Crippen LogP contribution in [-0.2, 0) is 52.9 Å².